The number of para-hydroxylation sites is 1. The molecule has 0 radical (unpaired) electrons. The van der Waals surface area contributed by atoms with Crippen LogP contribution in [0.5, 0.6) is 5.75 Å². The molecule has 0 saturated heterocycles. The van der Waals surface area contributed by atoms with Crippen LogP contribution in [-0.2, 0) is 23.0 Å². The van der Waals surface area contributed by atoms with Crippen molar-refractivity contribution in [2.75, 3.05) is 19.7 Å². The van der Waals surface area contributed by atoms with Gasteiger partial charge in [0.05, 0.1) is 18.0 Å². The van der Waals surface area contributed by atoms with Gasteiger partial charge in [-0.1, -0.05) is 30.3 Å². The zero-order chi connectivity index (χ0) is 21.4. The SMILES string of the molecule is CCNC(=NCc1ccccc1OCC1CC1)NCCc1ccc(S(N)(=O)=O)cc1.I. The van der Waals surface area contributed by atoms with E-state index in [1.807, 2.05) is 31.2 Å². The lowest BCUT2D eigenvalue weighted by Crippen LogP contribution is -2.38. The Balaban J connectivity index is 0.00000341. The van der Waals surface area contributed by atoms with Crippen molar-refractivity contribution in [3.05, 3.63) is 59.7 Å². The number of guanidine groups is 1. The fourth-order valence-electron chi connectivity index (χ4n) is 2.94. The van der Waals surface area contributed by atoms with Gasteiger partial charge in [-0.3, -0.25) is 0 Å². The standard InChI is InChI=1S/C22H30N4O3S.HI/c1-2-24-22(25-14-13-17-9-11-20(12-10-17)30(23,27)28)26-15-19-5-3-4-6-21(19)29-16-18-7-8-18;/h3-6,9-12,18H,2,7-8,13-16H2,1H3,(H2,23,27,28)(H2,24,25,26);1H. The minimum absolute atomic E-state index is 0. The largest absolute Gasteiger partial charge is 0.493 e. The first-order valence-electron chi connectivity index (χ1n) is 10.3. The van der Waals surface area contributed by atoms with Crippen molar-refractivity contribution in [2.24, 2.45) is 16.0 Å². The summed E-state index contributed by atoms with van der Waals surface area (Å²) in [4.78, 5) is 4.81. The van der Waals surface area contributed by atoms with Gasteiger partial charge in [-0.05, 0) is 55.9 Å². The average molecular weight is 558 g/mol. The van der Waals surface area contributed by atoms with Crippen LogP contribution < -0.4 is 20.5 Å². The molecule has 2 aromatic rings. The average Bonchev–Trinajstić information content (AvgIpc) is 3.55. The molecule has 0 aliphatic heterocycles. The molecule has 7 nitrogen and oxygen atoms in total. The van der Waals surface area contributed by atoms with Crippen LogP contribution >= 0.6 is 24.0 Å². The molecule has 1 aliphatic rings. The number of primary sulfonamides is 1. The number of hydrogen-bond acceptors (Lipinski definition) is 4. The molecule has 0 atom stereocenters. The highest BCUT2D eigenvalue weighted by Crippen LogP contribution is 2.30. The number of hydrogen-bond donors (Lipinski definition) is 3. The molecule has 170 valence electrons. The second-order valence-electron chi connectivity index (χ2n) is 7.42. The molecular weight excluding hydrogens is 527 g/mol. The van der Waals surface area contributed by atoms with E-state index in [2.05, 4.69) is 15.6 Å². The Bertz CT molecular complexity index is 961. The highest BCUT2D eigenvalue weighted by atomic mass is 127. The second kappa shape index (κ2) is 12.3. The molecule has 0 unspecified atom stereocenters. The maximum atomic E-state index is 11.3. The van der Waals surface area contributed by atoms with E-state index >= 15 is 0 Å². The minimum atomic E-state index is -3.66. The molecular formula is C22H31IN4O3S. The fraction of sp³-hybridized carbons (Fsp3) is 0.409. The Kier molecular flexibility index (Phi) is 10.0. The molecule has 0 bridgehead atoms. The molecule has 1 saturated carbocycles. The van der Waals surface area contributed by atoms with Gasteiger partial charge >= 0.3 is 0 Å². The predicted molar refractivity (Wildman–Crippen MR) is 134 cm³/mol. The van der Waals surface area contributed by atoms with Gasteiger partial charge in [0, 0.05) is 18.7 Å². The van der Waals surface area contributed by atoms with Gasteiger partial charge in [0.1, 0.15) is 5.75 Å². The molecule has 1 aliphatic carbocycles. The molecule has 3 rings (SSSR count). The maximum absolute atomic E-state index is 11.3. The van der Waals surface area contributed by atoms with Crippen LogP contribution in [0.15, 0.2) is 58.4 Å². The zero-order valence-electron chi connectivity index (χ0n) is 17.7. The lowest BCUT2D eigenvalue weighted by molar-refractivity contribution is 0.297. The van der Waals surface area contributed by atoms with Crippen LogP contribution in [0, 0.1) is 5.92 Å². The first kappa shape index (κ1) is 25.4. The van der Waals surface area contributed by atoms with E-state index in [0.717, 1.165) is 42.4 Å². The third-order valence-corrected chi connectivity index (χ3v) is 5.78. The number of benzene rings is 2. The van der Waals surface area contributed by atoms with Gasteiger partial charge in [-0.25, -0.2) is 18.5 Å². The Morgan fingerprint density at radius 1 is 1.13 bits per heavy atom. The number of nitrogens with one attached hydrogen (secondary N) is 2. The van der Waals surface area contributed by atoms with Gasteiger partial charge in [-0.15, -0.1) is 24.0 Å². The van der Waals surface area contributed by atoms with Crippen molar-refractivity contribution >= 4 is 40.0 Å². The number of halogens is 1. The summed E-state index contributed by atoms with van der Waals surface area (Å²) in [5, 5.41) is 11.7. The number of aliphatic imine (C=N–C) groups is 1. The van der Waals surface area contributed by atoms with E-state index in [1.54, 1.807) is 12.1 Å². The fourth-order valence-corrected chi connectivity index (χ4v) is 3.46. The molecule has 2 aromatic carbocycles. The summed E-state index contributed by atoms with van der Waals surface area (Å²) in [6.45, 7) is 4.76. The summed E-state index contributed by atoms with van der Waals surface area (Å²) in [5.74, 6) is 2.34. The van der Waals surface area contributed by atoms with E-state index in [9.17, 15) is 8.42 Å². The normalized spacial score (nSPS) is 13.9. The van der Waals surface area contributed by atoms with E-state index in [1.165, 1.54) is 25.0 Å². The molecule has 0 spiro atoms. The van der Waals surface area contributed by atoms with Crippen LogP contribution in [0.3, 0.4) is 0 Å². The van der Waals surface area contributed by atoms with E-state index in [0.29, 0.717) is 19.0 Å². The highest BCUT2D eigenvalue weighted by molar-refractivity contribution is 14.0. The van der Waals surface area contributed by atoms with Crippen LogP contribution in [0.2, 0.25) is 0 Å². The van der Waals surface area contributed by atoms with Crippen molar-refractivity contribution in [3.63, 3.8) is 0 Å². The van der Waals surface area contributed by atoms with Crippen LogP contribution in [0.25, 0.3) is 0 Å². The molecule has 9 heteroatoms. The summed E-state index contributed by atoms with van der Waals surface area (Å²) >= 11 is 0. The Labute approximate surface area is 201 Å². The molecule has 0 heterocycles. The van der Waals surface area contributed by atoms with Gasteiger partial charge in [0.15, 0.2) is 5.96 Å². The number of rotatable bonds is 10. The smallest absolute Gasteiger partial charge is 0.238 e. The van der Waals surface area contributed by atoms with Crippen LogP contribution in [0.1, 0.15) is 30.9 Å². The van der Waals surface area contributed by atoms with Crippen molar-refractivity contribution in [1.82, 2.24) is 10.6 Å². The summed E-state index contributed by atoms with van der Waals surface area (Å²) < 4.78 is 28.6. The lowest BCUT2D eigenvalue weighted by atomic mass is 10.1. The number of ether oxygens (including phenoxy) is 1. The Morgan fingerprint density at radius 3 is 2.48 bits per heavy atom. The van der Waals surface area contributed by atoms with Crippen molar-refractivity contribution in [3.8, 4) is 5.75 Å². The maximum Gasteiger partial charge on any atom is 0.238 e. The number of sulfonamides is 1. The van der Waals surface area contributed by atoms with Crippen molar-refractivity contribution < 1.29 is 13.2 Å². The molecule has 4 N–H and O–H groups in total. The van der Waals surface area contributed by atoms with Gasteiger partial charge in [0.25, 0.3) is 0 Å². The number of nitrogens with zero attached hydrogens (tertiary/aromatic N) is 1. The molecule has 1 fully saturated rings. The lowest BCUT2D eigenvalue weighted by Gasteiger charge is -2.13. The third-order valence-electron chi connectivity index (χ3n) is 4.85. The monoisotopic (exact) mass is 558 g/mol. The first-order chi connectivity index (χ1) is 14.5. The molecule has 0 aromatic heterocycles. The van der Waals surface area contributed by atoms with Crippen LogP contribution in [0.4, 0.5) is 0 Å². The topological polar surface area (TPSA) is 106 Å². The zero-order valence-corrected chi connectivity index (χ0v) is 20.9. The van der Waals surface area contributed by atoms with Gasteiger partial charge < -0.3 is 15.4 Å². The third kappa shape index (κ3) is 8.66. The predicted octanol–water partition coefficient (Wildman–Crippen LogP) is 3.04. The summed E-state index contributed by atoms with van der Waals surface area (Å²) in [5.41, 5.74) is 2.08. The van der Waals surface area contributed by atoms with E-state index in [4.69, 9.17) is 9.88 Å². The summed E-state index contributed by atoms with van der Waals surface area (Å²) in [6, 6.07) is 14.6. The van der Waals surface area contributed by atoms with Gasteiger partial charge in [0.2, 0.25) is 10.0 Å². The Morgan fingerprint density at radius 2 is 1.84 bits per heavy atom. The molecule has 0 amide bonds. The van der Waals surface area contributed by atoms with Crippen LogP contribution in [-0.4, -0.2) is 34.1 Å². The Hall–Kier alpha value is -1.85. The van der Waals surface area contributed by atoms with Gasteiger partial charge in [-0.2, -0.15) is 0 Å². The highest BCUT2D eigenvalue weighted by Gasteiger charge is 2.22. The first-order valence-corrected chi connectivity index (χ1v) is 11.8. The number of nitrogens with two attached hydrogens (primary N) is 1. The quantitative estimate of drug-likeness (QED) is 0.236. The second-order valence-corrected chi connectivity index (χ2v) is 8.98. The summed E-state index contributed by atoms with van der Waals surface area (Å²) in [6.07, 6.45) is 3.26. The van der Waals surface area contributed by atoms with Crippen molar-refractivity contribution in [1.29, 1.82) is 0 Å². The van der Waals surface area contributed by atoms with E-state index < -0.39 is 10.0 Å². The van der Waals surface area contributed by atoms with Crippen molar-refractivity contribution in [2.45, 2.75) is 37.6 Å². The molecule has 31 heavy (non-hydrogen) atoms. The minimum Gasteiger partial charge on any atom is -0.493 e. The van der Waals surface area contributed by atoms with E-state index in [-0.39, 0.29) is 28.9 Å². The summed E-state index contributed by atoms with van der Waals surface area (Å²) in [7, 11) is -3.66.